The third-order valence-corrected chi connectivity index (χ3v) is 2.95. The molecule has 2 N–H and O–H groups in total. The first-order valence-electron chi connectivity index (χ1n) is 4.72. The smallest absolute Gasteiger partial charge is 0.191 e. The molecule has 0 radical (unpaired) electrons. The highest BCUT2D eigenvalue weighted by Gasteiger charge is 2.05. The van der Waals surface area contributed by atoms with Crippen LogP contribution in [-0.2, 0) is 12.8 Å². The second kappa shape index (κ2) is 4.48. The molecule has 0 aliphatic rings. The molecule has 84 valence electrons. The van der Waals surface area contributed by atoms with Crippen LogP contribution in [0.2, 0.25) is 0 Å². The number of nitrogen functional groups attached to an aromatic ring is 1. The Morgan fingerprint density at radius 2 is 2.25 bits per heavy atom. The molecule has 0 fully saturated rings. The summed E-state index contributed by atoms with van der Waals surface area (Å²) in [6.07, 6.45) is 1.66. The molecule has 0 saturated carbocycles. The maximum absolute atomic E-state index is 5.64. The van der Waals surface area contributed by atoms with Crippen molar-refractivity contribution in [1.82, 2.24) is 24.7 Å². The van der Waals surface area contributed by atoms with E-state index in [1.807, 2.05) is 18.5 Å². The normalized spacial score (nSPS) is 10.6. The van der Waals surface area contributed by atoms with Gasteiger partial charge >= 0.3 is 0 Å². The van der Waals surface area contributed by atoms with E-state index in [9.17, 15) is 0 Å². The van der Waals surface area contributed by atoms with Crippen LogP contribution in [0.3, 0.4) is 0 Å². The molecule has 6 nitrogen and oxygen atoms in total. The largest absolute Gasteiger partial charge is 0.384 e. The van der Waals surface area contributed by atoms with Crippen LogP contribution in [0.25, 0.3) is 0 Å². The summed E-state index contributed by atoms with van der Waals surface area (Å²) < 4.78 is 1.85. The highest BCUT2D eigenvalue weighted by Crippen LogP contribution is 2.18. The van der Waals surface area contributed by atoms with Crippen molar-refractivity contribution < 1.29 is 0 Å². The van der Waals surface area contributed by atoms with Gasteiger partial charge in [-0.2, -0.15) is 0 Å². The van der Waals surface area contributed by atoms with Crippen molar-refractivity contribution in [2.75, 3.05) is 5.73 Å². The zero-order valence-corrected chi connectivity index (χ0v) is 9.90. The Labute approximate surface area is 97.3 Å². The summed E-state index contributed by atoms with van der Waals surface area (Å²) >= 11 is 1.53. The molecule has 0 bridgehead atoms. The molecule has 2 rings (SSSR count). The van der Waals surface area contributed by atoms with Gasteiger partial charge in [0.05, 0.1) is 5.75 Å². The van der Waals surface area contributed by atoms with Crippen LogP contribution < -0.4 is 5.73 Å². The Kier molecular flexibility index (Phi) is 3.04. The van der Waals surface area contributed by atoms with E-state index < -0.39 is 0 Å². The van der Waals surface area contributed by atoms with Gasteiger partial charge in [0.2, 0.25) is 0 Å². The van der Waals surface area contributed by atoms with E-state index >= 15 is 0 Å². The number of thioether (sulfide) groups is 1. The van der Waals surface area contributed by atoms with Gasteiger partial charge in [-0.25, -0.2) is 9.97 Å². The van der Waals surface area contributed by atoms with Crippen LogP contribution >= 0.6 is 11.8 Å². The molecule has 2 heterocycles. The highest BCUT2D eigenvalue weighted by molar-refractivity contribution is 7.98. The number of aryl methyl sites for hydroxylation is 2. The minimum absolute atomic E-state index is 0.501. The summed E-state index contributed by atoms with van der Waals surface area (Å²) in [6, 6.07) is 1.75. The van der Waals surface area contributed by atoms with Crippen molar-refractivity contribution in [3.05, 3.63) is 23.9 Å². The van der Waals surface area contributed by atoms with Gasteiger partial charge < -0.3 is 10.3 Å². The van der Waals surface area contributed by atoms with E-state index in [2.05, 4.69) is 20.2 Å². The predicted octanol–water partition coefficient (Wildman–Crippen LogP) is 0.788. The van der Waals surface area contributed by atoms with Crippen LogP contribution in [0.15, 0.2) is 17.6 Å². The van der Waals surface area contributed by atoms with Gasteiger partial charge in [0.15, 0.2) is 5.16 Å². The molecule has 0 aromatic carbocycles. The Morgan fingerprint density at radius 1 is 1.44 bits per heavy atom. The SMILES string of the molecule is Cc1cc(N)nc(CSc2nncn2C)n1. The minimum Gasteiger partial charge on any atom is -0.384 e. The zero-order chi connectivity index (χ0) is 11.5. The van der Waals surface area contributed by atoms with Crippen LogP contribution in [0, 0.1) is 6.92 Å². The van der Waals surface area contributed by atoms with Gasteiger partial charge in [0, 0.05) is 18.8 Å². The number of anilines is 1. The molecule has 16 heavy (non-hydrogen) atoms. The van der Waals surface area contributed by atoms with Crippen LogP contribution in [0.4, 0.5) is 5.82 Å². The van der Waals surface area contributed by atoms with Crippen molar-refractivity contribution in [1.29, 1.82) is 0 Å². The van der Waals surface area contributed by atoms with Crippen molar-refractivity contribution in [2.45, 2.75) is 17.8 Å². The van der Waals surface area contributed by atoms with Crippen molar-refractivity contribution >= 4 is 17.6 Å². The number of hydrogen-bond acceptors (Lipinski definition) is 6. The first kappa shape index (κ1) is 10.9. The van der Waals surface area contributed by atoms with Crippen molar-refractivity contribution in [3.8, 4) is 0 Å². The molecule has 0 aliphatic carbocycles. The van der Waals surface area contributed by atoms with E-state index in [-0.39, 0.29) is 0 Å². The Bertz CT molecular complexity index is 474. The van der Waals surface area contributed by atoms with Crippen molar-refractivity contribution in [3.63, 3.8) is 0 Å². The lowest BCUT2D eigenvalue weighted by atomic mass is 10.4. The van der Waals surface area contributed by atoms with Crippen molar-refractivity contribution in [2.24, 2.45) is 7.05 Å². The van der Waals surface area contributed by atoms with Gasteiger partial charge in [-0.05, 0) is 6.92 Å². The number of rotatable bonds is 3. The fourth-order valence-corrected chi connectivity index (χ4v) is 2.00. The predicted molar refractivity (Wildman–Crippen MR) is 61.7 cm³/mol. The van der Waals surface area contributed by atoms with E-state index in [1.165, 1.54) is 11.8 Å². The third-order valence-electron chi connectivity index (χ3n) is 1.92. The molecule has 0 spiro atoms. The second-order valence-electron chi connectivity index (χ2n) is 3.36. The quantitative estimate of drug-likeness (QED) is 0.793. The monoisotopic (exact) mass is 236 g/mol. The van der Waals surface area contributed by atoms with E-state index in [0.717, 1.165) is 10.9 Å². The van der Waals surface area contributed by atoms with Crippen LogP contribution in [0.1, 0.15) is 11.5 Å². The fourth-order valence-electron chi connectivity index (χ4n) is 1.25. The molecular weight excluding hydrogens is 224 g/mol. The lowest BCUT2D eigenvalue weighted by molar-refractivity contribution is 0.787. The lowest BCUT2D eigenvalue weighted by Gasteiger charge is -2.02. The third kappa shape index (κ3) is 2.48. The van der Waals surface area contributed by atoms with E-state index in [1.54, 1.807) is 12.4 Å². The van der Waals surface area contributed by atoms with Crippen LogP contribution in [-0.4, -0.2) is 24.7 Å². The molecule has 0 amide bonds. The Balaban J connectivity index is 2.07. The van der Waals surface area contributed by atoms with Crippen LogP contribution in [0.5, 0.6) is 0 Å². The Hall–Kier alpha value is -1.63. The van der Waals surface area contributed by atoms with Gasteiger partial charge in [-0.3, -0.25) is 0 Å². The minimum atomic E-state index is 0.501. The second-order valence-corrected chi connectivity index (χ2v) is 4.31. The zero-order valence-electron chi connectivity index (χ0n) is 9.08. The summed E-state index contributed by atoms with van der Waals surface area (Å²) in [5.74, 6) is 1.85. The lowest BCUT2D eigenvalue weighted by Crippen LogP contribution is -2.00. The maximum atomic E-state index is 5.64. The van der Waals surface area contributed by atoms with E-state index in [0.29, 0.717) is 17.4 Å². The molecule has 0 aliphatic heterocycles. The van der Waals surface area contributed by atoms with E-state index in [4.69, 9.17) is 5.73 Å². The molecule has 2 aromatic heterocycles. The topological polar surface area (TPSA) is 82.5 Å². The number of nitrogens with two attached hydrogens (primary N) is 1. The molecule has 0 saturated heterocycles. The highest BCUT2D eigenvalue weighted by atomic mass is 32.2. The summed E-state index contributed by atoms with van der Waals surface area (Å²) in [5, 5.41) is 8.60. The maximum Gasteiger partial charge on any atom is 0.191 e. The summed E-state index contributed by atoms with van der Waals surface area (Å²) in [7, 11) is 1.90. The molecule has 7 heteroatoms. The summed E-state index contributed by atoms with van der Waals surface area (Å²) in [6.45, 7) is 1.90. The average molecular weight is 236 g/mol. The fraction of sp³-hybridized carbons (Fsp3) is 0.333. The first-order valence-corrected chi connectivity index (χ1v) is 5.70. The molecule has 2 aromatic rings. The summed E-state index contributed by atoms with van der Waals surface area (Å²) in [4.78, 5) is 8.45. The Morgan fingerprint density at radius 3 is 2.88 bits per heavy atom. The van der Waals surface area contributed by atoms with Gasteiger partial charge in [-0.1, -0.05) is 11.8 Å². The summed E-state index contributed by atoms with van der Waals surface area (Å²) in [5.41, 5.74) is 6.52. The van der Waals surface area contributed by atoms with Gasteiger partial charge in [-0.15, -0.1) is 10.2 Å². The van der Waals surface area contributed by atoms with Gasteiger partial charge in [0.25, 0.3) is 0 Å². The van der Waals surface area contributed by atoms with Gasteiger partial charge in [0.1, 0.15) is 18.0 Å². The molecule has 0 unspecified atom stereocenters. The molecular formula is C9H12N6S. The molecule has 0 atom stereocenters. The first-order chi connectivity index (χ1) is 7.65. The number of hydrogen-bond donors (Lipinski definition) is 1. The standard InChI is InChI=1S/C9H12N6S/c1-6-3-7(10)13-8(12-6)4-16-9-14-11-5-15(9)2/h3,5H,4H2,1-2H3,(H2,10,12,13). The average Bonchev–Trinajstić information content (AvgIpc) is 2.59. The number of aromatic nitrogens is 5. The number of nitrogens with zero attached hydrogens (tertiary/aromatic N) is 5.